The molecular weight excluding hydrogens is 356 g/mol. The number of nitrogens with zero attached hydrogens (tertiary/aromatic N) is 2. The lowest BCUT2D eigenvalue weighted by atomic mass is 10.2. The van der Waals surface area contributed by atoms with Gasteiger partial charge >= 0.3 is 0 Å². The summed E-state index contributed by atoms with van der Waals surface area (Å²) in [7, 11) is 1.53. The molecule has 0 spiro atoms. The van der Waals surface area contributed by atoms with E-state index in [0.29, 0.717) is 18.0 Å². The van der Waals surface area contributed by atoms with Gasteiger partial charge in [-0.3, -0.25) is 14.6 Å². The summed E-state index contributed by atoms with van der Waals surface area (Å²) in [5.41, 5.74) is 2.75. The Kier molecular flexibility index (Phi) is 5.96. The van der Waals surface area contributed by atoms with Gasteiger partial charge in [0.2, 0.25) is 0 Å². The lowest BCUT2D eigenvalue weighted by Crippen LogP contribution is -2.25. The molecule has 0 atom stereocenters. The fraction of sp³-hybridized carbons (Fsp3) is 0.143. The standard InChI is InChI=1S/C21H20N4O3/c1-14-6-7-19(28-2)18(12-14)25-21(27)17-5-3-4-16(24-17)20(26)23-13-15-8-10-22-11-9-15/h3-12H,13H2,1-2H3,(H,23,26)(H,25,27). The molecule has 0 aliphatic heterocycles. The monoisotopic (exact) mass is 376 g/mol. The number of ether oxygens (including phenoxy) is 1. The molecule has 1 aromatic carbocycles. The van der Waals surface area contributed by atoms with E-state index in [1.165, 1.54) is 7.11 Å². The molecule has 2 N–H and O–H groups in total. The van der Waals surface area contributed by atoms with Crippen molar-refractivity contribution in [2.75, 3.05) is 12.4 Å². The summed E-state index contributed by atoms with van der Waals surface area (Å²) < 4.78 is 5.27. The molecule has 0 unspecified atom stereocenters. The molecule has 0 aliphatic rings. The number of amides is 2. The first-order valence-electron chi connectivity index (χ1n) is 8.67. The van der Waals surface area contributed by atoms with Crippen LogP contribution in [0.25, 0.3) is 0 Å². The number of anilines is 1. The molecule has 2 heterocycles. The Morgan fingerprint density at radius 3 is 2.43 bits per heavy atom. The minimum Gasteiger partial charge on any atom is -0.495 e. The number of rotatable bonds is 6. The van der Waals surface area contributed by atoms with Crippen molar-refractivity contribution in [3.63, 3.8) is 0 Å². The first-order chi connectivity index (χ1) is 13.6. The maximum atomic E-state index is 12.6. The van der Waals surface area contributed by atoms with Gasteiger partial charge in [-0.1, -0.05) is 12.1 Å². The largest absolute Gasteiger partial charge is 0.495 e. The van der Waals surface area contributed by atoms with Crippen LogP contribution in [0, 0.1) is 6.92 Å². The highest BCUT2D eigenvalue weighted by Gasteiger charge is 2.14. The van der Waals surface area contributed by atoms with Gasteiger partial charge in [-0.2, -0.15) is 0 Å². The van der Waals surface area contributed by atoms with Gasteiger partial charge in [0.05, 0.1) is 12.8 Å². The molecule has 7 heteroatoms. The second kappa shape index (κ2) is 8.77. The van der Waals surface area contributed by atoms with Crippen molar-refractivity contribution in [3.05, 3.63) is 83.4 Å². The number of carbonyl (C=O) groups excluding carboxylic acids is 2. The number of nitrogens with one attached hydrogen (secondary N) is 2. The lowest BCUT2D eigenvalue weighted by Gasteiger charge is -2.11. The summed E-state index contributed by atoms with van der Waals surface area (Å²) in [5, 5.41) is 5.55. The van der Waals surface area contributed by atoms with Crippen LogP contribution in [0.15, 0.2) is 60.9 Å². The third kappa shape index (κ3) is 4.70. The first-order valence-corrected chi connectivity index (χ1v) is 8.67. The molecule has 0 aliphatic carbocycles. The van der Waals surface area contributed by atoms with Crippen LogP contribution >= 0.6 is 0 Å². The van der Waals surface area contributed by atoms with Crippen molar-refractivity contribution in [2.24, 2.45) is 0 Å². The van der Waals surface area contributed by atoms with Crippen molar-refractivity contribution in [1.82, 2.24) is 15.3 Å². The van der Waals surface area contributed by atoms with Crippen LogP contribution in [0.2, 0.25) is 0 Å². The molecule has 28 heavy (non-hydrogen) atoms. The van der Waals surface area contributed by atoms with Crippen molar-refractivity contribution in [1.29, 1.82) is 0 Å². The van der Waals surface area contributed by atoms with Crippen LogP contribution in [0.1, 0.15) is 32.1 Å². The Hall–Kier alpha value is -3.74. The Morgan fingerprint density at radius 2 is 1.71 bits per heavy atom. The number of benzene rings is 1. The lowest BCUT2D eigenvalue weighted by molar-refractivity contribution is 0.0945. The summed E-state index contributed by atoms with van der Waals surface area (Å²) in [6.45, 7) is 2.26. The number of hydrogen-bond acceptors (Lipinski definition) is 5. The van der Waals surface area contributed by atoms with E-state index in [9.17, 15) is 9.59 Å². The van der Waals surface area contributed by atoms with Gasteiger partial charge in [0.1, 0.15) is 17.1 Å². The Balaban J connectivity index is 1.71. The molecular formula is C21H20N4O3. The van der Waals surface area contributed by atoms with Gasteiger partial charge in [0.25, 0.3) is 11.8 Å². The quantitative estimate of drug-likeness (QED) is 0.690. The fourth-order valence-corrected chi connectivity index (χ4v) is 2.57. The summed E-state index contributed by atoms with van der Waals surface area (Å²) in [6, 6.07) is 13.8. The van der Waals surface area contributed by atoms with Crippen LogP contribution in [-0.4, -0.2) is 28.9 Å². The van der Waals surface area contributed by atoms with E-state index < -0.39 is 5.91 Å². The minimum absolute atomic E-state index is 0.139. The summed E-state index contributed by atoms with van der Waals surface area (Å²) in [4.78, 5) is 33.1. The predicted octanol–water partition coefficient (Wildman–Crippen LogP) is 2.98. The molecule has 2 aromatic heterocycles. The number of hydrogen-bond donors (Lipinski definition) is 2. The predicted molar refractivity (Wildman–Crippen MR) is 105 cm³/mol. The SMILES string of the molecule is COc1ccc(C)cc1NC(=O)c1cccc(C(=O)NCc2ccncc2)n1. The van der Waals surface area contributed by atoms with E-state index in [1.54, 1.807) is 36.7 Å². The van der Waals surface area contributed by atoms with Crippen LogP contribution < -0.4 is 15.4 Å². The Labute approximate surface area is 162 Å². The number of carbonyl (C=O) groups is 2. The molecule has 0 radical (unpaired) electrons. The third-order valence-electron chi connectivity index (χ3n) is 4.02. The molecule has 0 saturated heterocycles. The maximum absolute atomic E-state index is 12.6. The number of aromatic nitrogens is 2. The second-order valence-electron chi connectivity index (χ2n) is 6.10. The zero-order chi connectivity index (χ0) is 19.9. The molecule has 7 nitrogen and oxygen atoms in total. The highest BCUT2D eigenvalue weighted by Crippen LogP contribution is 2.25. The van der Waals surface area contributed by atoms with E-state index in [4.69, 9.17) is 4.74 Å². The smallest absolute Gasteiger partial charge is 0.274 e. The first kappa shape index (κ1) is 19.0. The summed E-state index contributed by atoms with van der Waals surface area (Å²) in [5.74, 6) is -0.238. The normalized spacial score (nSPS) is 10.2. The van der Waals surface area contributed by atoms with Crippen LogP contribution in [0.4, 0.5) is 5.69 Å². The van der Waals surface area contributed by atoms with Gasteiger partial charge in [-0.15, -0.1) is 0 Å². The van der Waals surface area contributed by atoms with Gasteiger partial charge in [0, 0.05) is 18.9 Å². The summed E-state index contributed by atoms with van der Waals surface area (Å²) in [6.07, 6.45) is 3.31. The van der Waals surface area contributed by atoms with Crippen molar-refractivity contribution < 1.29 is 14.3 Å². The molecule has 142 valence electrons. The van der Waals surface area contributed by atoms with Crippen LogP contribution in [0.5, 0.6) is 5.75 Å². The summed E-state index contributed by atoms with van der Waals surface area (Å²) >= 11 is 0. The maximum Gasteiger partial charge on any atom is 0.274 e. The van der Waals surface area contributed by atoms with Crippen molar-refractivity contribution in [2.45, 2.75) is 13.5 Å². The minimum atomic E-state index is -0.423. The number of pyridine rings is 2. The molecule has 2 amide bonds. The second-order valence-corrected chi connectivity index (χ2v) is 6.10. The average molecular weight is 376 g/mol. The van der Waals surface area contributed by atoms with Crippen molar-refractivity contribution in [3.8, 4) is 5.75 Å². The van der Waals surface area contributed by atoms with Gasteiger partial charge < -0.3 is 15.4 Å². The fourth-order valence-electron chi connectivity index (χ4n) is 2.57. The molecule has 0 bridgehead atoms. The average Bonchev–Trinajstić information content (AvgIpc) is 2.73. The van der Waals surface area contributed by atoms with Gasteiger partial charge in [-0.05, 0) is 54.4 Å². The van der Waals surface area contributed by atoms with Crippen LogP contribution in [0.3, 0.4) is 0 Å². The van der Waals surface area contributed by atoms with Gasteiger partial charge in [-0.25, -0.2) is 4.98 Å². The highest BCUT2D eigenvalue weighted by molar-refractivity contribution is 6.04. The molecule has 0 fully saturated rings. The van der Waals surface area contributed by atoms with E-state index in [0.717, 1.165) is 11.1 Å². The Bertz CT molecular complexity index is 990. The van der Waals surface area contributed by atoms with Crippen molar-refractivity contribution >= 4 is 17.5 Å². The highest BCUT2D eigenvalue weighted by atomic mass is 16.5. The van der Waals surface area contributed by atoms with E-state index in [2.05, 4.69) is 20.6 Å². The van der Waals surface area contributed by atoms with Gasteiger partial charge in [0.15, 0.2) is 0 Å². The van der Waals surface area contributed by atoms with Crippen LogP contribution in [-0.2, 0) is 6.54 Å². The van der Waals surface area contributed by atoms with E-state index >= 15 is 0 Å². The molecule has 3 rings (SSSR count). The van der Waals surface area contributed by atoms with E-state index in [-0.39, 0.29) is 17.3 Å². The number of methoxy groups -OCH3 is 1. The van der Waals surface area contributed by atoms with E-state index in [1.807, 2.05) is 31.2 Å². The molecule has 3 aromatic rings. The number of aryl methyl sites for hydroxylation is 1. The zero-order valence-electron chi connectivity index (χ0n) is 15.6. The molecule has 0 saturated carbocycles. The third-order valence-corrected chi connectivity index (χ3v) is 4.02. The zero-order valence-corrected chi connectivity index (χ0v) is 15.6. The Morgan fingerprint density at radius 1 is 1.00 bits per heavy atom. The topological polar surface area (TPSA) is 93.2 Å².